The van der Waals surface area contributed by atoms with Gasteiger partial charge in [-0.05, 0) is 105 Å². The van der Waals surface area contributed by atoms with Gasteiger partial charge >= 0.3 is 0 Å². The minimum atomic E-state index is 0.627. The Hall–Kier alpha value is -7.01. The van der Waals surface area contributed by atoms with Gasteiger partial charge in [0, 0.05) is 48.2 Å². The van der Waals surface area contributed by atoms with Crippen LogP contribution in [0.25, 0.3) is 86.5 Å². The Labute approximate surface area is 322 Å². The quantitative estimate of drug-likeness (QED) is 0.160. The molecule has 0 amide bonds. The van der Waals surface area contributed by atoms with E-state index in [0.717, 1.165) is 60.8 Å². The minimum Gasteiger partial charge on any atom is -0.435 e. The van der Waals surface area contributed by atoms with Crippen LogP contribution in [-0.4, -0.2) is 4.98 Å². The van der Waals surface area contributed by atoms with Crippen molar-refractivity contribution in [3.63, 3.8) is 0 Å². The number of anilines is 3. The van der Waals surface area contributed by atoms with E-state index < -0.39 is 0 Å². The number of hydrogen-bond acceptors (Lipinski definition) is 4. The van der Waals surface area contributed by atoms with Crippen LogP contribution in [0, 0.1) is 0 Å². The fraction of sp³-hybridized carbons (Fsp3) is 0. The van der Waals surface area contributed by atoms with Crippen LogP contribution in [0.1, 0.15) is 0 Å². The Morgan fingerprint density at radius 3 is 1.85 bits per heavy atom. The summed E-state index contributed by atoms with van der Waals surface area (Å²) in [5.41, 5.74) is 10.6. The third-order valence-electron chi connectivity index (χ3n) is 10.7. The van der Waals surface area contributed by atoms with Crippen LogP contribution in [0.2, 0.25) is 0 Å². The highest BCUT2D eigenvalue weighted by Crippen LogP contribution is 2.44. The number of nitrogens with zero attached hydrogens (tertiary/aromatic N) is 2. The molecule has 0 atom stereocenters. The predicted molar refractivity (Wildman–Crippen MR) is 233 cm³/mol. The summed E-state index contributed by atoms with van der Waals surface area (Å²) in [4.78, 5) is 7.33. The Morgan fingerprint density at radius 2 is 1.02 bits per heavy atom. The van der Waals surface area contributed by atoms with Crippen molar-refractivity contribution in [1.82, 2.24) is 4.98 Å². The van der Waals surface area contributed by atoms with Crippen molar-refractivity contribution >= 4 is 81.2 Å². The minimum absolute atomic E-state index is 0.627. The molecule has 0 unspecified atom stereocenters. The van der Waals surface area contributed by atoms with E-state index >= 15 is 0 Å². The summed E-state index contributed by atoms with van der Waals surface area (Å²) in [6.07, 6.45) is 0. The summed E-state index contributed by atoms with van der Waals surface area (Å²) in [7, 11) is 0. The van der Waals surface area contributed by atoms with Crippen LogP contribution in [0.5, 0.6) is 0 Å². The number of benzene rings is 9. The molecular formula is C51H32N2OS. The largest absolute Gasteiger partial charge is 0.435 e. The number of rotatable bonds is 6. The highest BCUT2D eigenvalue weighted by atomic mass is 32.1. The molecule has 3 nitrogen and oxygen atoms in total. The van der Waals surface area contributed by atoms with Crippen LogP contribution in [0.15, 0.2) is 199 Å². The lowest BCUT2D eigenvalue weighted by atomic mass is 9.94. The van der Waals surface area contributed by atoms with Crippen LogP contribution >= 0.6 is 11.3 Å². The van der Waals surface area contributed by atoms with Crippen molar-refractivity contribution in [2.24, 2.45) is 0 Å². The van der Waals surface area contributed by atoms with Gasteiger partial charge in [0.1, 0.15) is 5.52 Å². The lowest BCUT2D eigenvalue weighted by Gasteiger charge is -2.27. The molecule has 55 heavy (non-hydrogen) atoms. The van der Waals surface area contributed by atoms with E-state index in [1.807, 2.05) is 41.7 Å². The fourth-order valence-corrected chi connectivity index (χ4v) is 9.16. The molecule has 4 heteroatoms. The molecule has 0 radical (unpaired) electrons. The first-order chi connectivity index (χ1) is 27.2. The van der Waals surface area contributed by atoms with Gasteiger partial charge in [-0.3, -0.25) is 0 Å². The van der Waals surface area contributed by atoms with E-state index in [0.29, 0.717) is 5.89 Å². The topological polar surface area (TPSA) is 29.3 Å². The molecule has 0 N–H and O–H groups in total. The highest BCUT2D eigenvalue weighted by molar-refractivity contribution is 7.25. The van der Waals surface area contributed by atoms with Crippen LogP contribution < -0.4 is 4.90 Å². The van der Waals surface area contributed by atoms with Crippen LogP contribution in [0.4, 0.5) is 17.1 Å². The van der Waals surface area contributed by atoms with Gasteiger partial charge in [-0.1, -0.05) is 127 Å². The Balaban J connectivity index is 1.14. The first kappa shape index (κ1) is 31.5. The van der Waals surface area contributed by atoms with E-state index in [1.165, 1.54) is 36.9 Å². The van der Waals surface area contributed by atoms with E-state index in [2.05, 4.69) is 169 Å². The molecule has 11 rings (SSSR count). The summed E-state index contributed by atoms with van der Waals surface area (Å²) < 4.78 is 9.19. The third-order valence-corrected chi connectivity index (χ3v) is 11.8. The molecule has 0 spiro atoms. The molecule has 0 aliphatic heterocycles. The molecule has 0 saturated carbocycles. The van der Waals surface area contributed by atoms with Crippen molar-refractivity contribution in [2.75, 3.05) is 4.90 Å². The zero-order valence-electron chi connectivity index (χ0n) is 29.7. The summed E-state index contributed by atoms with van der Waals surface area (Å²) in [5.74, 6) is 0.627. The molecule has 0 aliphatic carbocycles. The second kappa shape index (κ2) is 12.8. The lowest BCUT2D eigenvalue weighted by Crippen LogP contribution is -2.10. The first-order valence-corrected chi connectivity index (χ1v) is 19.3. The molecule has 0 fully saturated rings. The Kier molecular flexibility index (Phi) is 7.35. The van der Waals surface area contributed by atoms with Crippen LogP contribution in [-0.2, 0) is 0 Å². The molecule has 2 aromatic heterocycles. The second-order valence-electron chi connectivity index (χ2n) is 13.9. The number of aromatic nitrogens is 1. The summed E-state index contributed by atoms with van der Waals surface area (Å²) in [5, 5.41) is 6.99. The molecule has 0 bridgehead atoms. The van der Waals surface area contributed by atoms with Crippen molar-refractivity contribution < 1.29 is 4.42 Å². The second-order valence-corrected chi connectivity index (χ2v) is 15.0. The zero-order chi connectivity index (χ0) is 36.3. The summed E-state index contributed by atoms with van der Waals surface area (Å²) in [6.45, 7) is 0. The molecular weight excluding hydrogens is 689 g/mol. The molecule has 0 aliphatic rings. The average molecular weight is 721 g/mol. The van der Waals surface area contributed by atoms with Gasteiger partial charge in [-0.15, -0.1) is 11.3 Å². The highest BCUT2D eigenvalue weighted by Gasteiger charge is 2.19. The van der Waals surface area contributed by atoms with Crippen molar-refractivity contribution in [2.45, 2.75) is 0 Å². The van der Waals surface area contributed by atoms with E-state index in [-0.39, 0.29) is 0 Å². The third kappa shape index (κ3) is 5.38. The summed E-state index contributed by atoms with van der Waals surface area (Å²) >= 11 is 1.84. The normalized spacial score (nSPS) is 11.6. The van der Waals surface area contributed by atoms with Gasteiger partial charge in [0.25, 0.3) is 0 Å². The SMILES string of the molecule is c1ccc(-c2nc3ccc4ccc5ccc(N(c6cccc(-c7ccccc7-c7ccccc7)c6)c6ccc7sc8ccccc8c7c6)cc5c4c3o2)cc1. The predicted octanol–water partition coefficient (Wildman–Crippen LogP) is 15.0. The molecule has 9 aromatic carbocycles. The van der Waals surface area contributed by atoms with Gasteiger partial charge in [0.15, 0.2) is 5.58 Å². The van der Waals surface area contributed by atoms with Gasteiger partial charge in [0.2, 0.25) is 5.89 Å². The van der Waals surface area contributed by atoms with E-state index in [4.69, 9.17) is 9.40 Å². The molecule has 11 aromatic rings. The number of hydrogen-bond donors (Lipinski definition) is 0. The summed E-state index contributed by atoms with van der Waals surface area (Å²) in [6, 6.07) is 69.4. The van der Waals surface area contributed by atoms with Crippen molar-refractivity contribution in [3.05, 3.63) is 194 Å². The lowest BCUT2D eigenvalue weighted by molar-refractivity contribution is 0.623. The monoisotopic (exact) mass is 720 g/mol. The standard InChI is InChI=1S/C51H32N2OS/c1-3-12-33(13-4-1)41-18-7-8-19-42(41)37-16-11-17-38(30-37)53(40-27-29-48-45(32-40)43-20-9-10-21-47(43)55-48)39-26-24-34-22-23-35-25-28-46-50(49(35)44(34)31-39)54-51(52-46)36-14-5-2-6-15-36/h1-32H. The van der Waals surface area contributed by atoms with E-state index in [9.17, 15) is 0 Å². The van der Waals surface area contributed by atoms with E-state index in [1.54, 1.807) is 0 Å². The molecule has 0 saturated heterocycles. The molecule has 258 valence electrons. The molecule has 2 heterocycles. The maximum atomic E-state index is 6.61. The Morgan fingerprint density at radius 1 is 0.418 bits per heavy atom. The first-order valence-electron chi connectivity index (χ1n) is 18.5. The van der Waals surface area contributed by atoms with Gasteiger partial charge in [-0.25, -0.2) is 4.98 Å². The van der Waals surface area contributed by atoms with Gasteiger partial charge in [0.05, 0.1) is 0 Å². The van der Waals surface area contributed by atoms with Crippen LogP contribution in [0.3, 0.4) is 0 Å². The zero-order valence-corrected chi connectivity index (χ0v) is 30.5. The smallest absolute Gasteiger partial charge is 0.227 e. The number of fused-ring (bicyclic) bond motifs is 8. The average Bonchev–Trinajstić information content (AvgIpc) is 3.86. The van der Waals surface area contributed by atoms with Gasteiger partial charge in [-0.2, -0.15) is 0 Å². The maximum absolute atomic E-state index is 6.61. The number of thiophene rings is 1. The fourth-order valence-electron chi connectivity index (χ4n) is 8.07. The van der Waals surface area contributed by atoms with Crippen molar-refractivity contribution in [1.29, 1.82) is 0 Å². The van der Waals surface area contributed by atoms with Gasteiger partial charge < -0.3 is 9.32 Å². The van der Waals surface area contributed by atoms with Crippen molar-refractivity contribution in [3.8, 4) is 33.7 Å². The maximum Gasteiger partial charge on any atom is 0.227 e. The number of oxazole rings is 1. The Bertz CT molecular complexity index is 3220.